The smallest absolute Gasteiger partial charge is 0.388 e. The predicted molar refractivity (Wildman–Crippen MR) is 105 cm³/mol. The highest BCUT2D eigenvalue weighted by Crippen LogP contribution is 2.40. The van der Waals surface area contributed by atoms with Crippen LogP contribution in [0.3, 0.4) is 0 Å². The largest absolute Gasteiger partial charge is 0.417 e. The number of nitrogens with one attached hydrogen (secondary N) is 1. The first-order chi connectivity index (χ1) is 15.3. The number of aromatic nitrogens is 4. The lowest BCUT2D eigenvalue weighted by atomic mass is 9.83. The molecule has 8 nitrogen and oxygen atoms in total. The minimum absolute atomic E-state index is 0.0554. The van der Waals surface area contributed by atoms with Gasteiger partial charge in [0.15, 0.2) is 5.65 Å². The van der Waals surface area contributed by atoms with E-state index in [4.69, 9.17) is 4.74 Å². The molecule has 1 saturated carbocycles. The van der Waals surface area contributed by atoms with Gasteiger partial charge in [0.05, 0.1) is 35.2 Å². The Morgan fingerprint density at radius 2 is 2.00 bits per heavy atom. The monoisotopic (exact) mass is 449 g/mol. The molecular formula is C21H22F3N5O3. The molecule has 1 saturated heterocycles. The molecule has 170 valence electrons. The van der Waals surface area contributed by atoms with Crippen LogP contribution in [0.15, 0.2) is 36.9 Å². The summed E-state index contributed by atoms with van der Waals surface area (Å²) in [5, 5.41) is 29.1. The average Bonchev–Trinajstić information content (AvgIpc) is 3.53. The molecule has 5 rings (SSSR count). The van der Waals surface area contributed by atoms with Crippen LogP contribution in [0.25, 0.3) is 5.65 Å². The first-order valence-electron chi connectivity index (χ1n) is 10.4. The number of hydrogen-bond acceptors (Lipinski definition) is 7. The Bertz CT molecular complexity index is 1120. The summed E-state index contributed by atoms with van der Waals surface area (Å²) in [6.45, 7) is 0.178. The second kappa shape index (κ2) is 7.77. The fourth-order valence-electron chi connectivity index (χ4n) is 4.15. The zero-order valence-corrected chi connectivity index (χ0v) is 17.0. The molecule has 0 aromatic carbocycles. The van der Waals surface area contributed by atoms with Crippen LogP contribution < -0.4 is 5.32 Å². The minimum atomic E-state index is -4.53. The second-order valence-corrected chi connectivity index (χ2v) is 8.32. The molecule has 2 fully saturated rings. The molecule has 3 N–H and O–H groups in total. The van der Waals surface area contributed by atoms with E-state index in [0.29, 0.717) is 17.1 Å². The van der Waals surface area contributed by atoms with E-state index in [1.165, 1.54) is 12.3 Å². The fraction of sp³-hybridized carbons (Fsp3) is 0.476. The number of nitrogens with zero attached hydrogens (tertiary/aromatic N) is 4. The molecular weight excluding hydrogens is 427 g/mol. The third kappa shape index (κ3) is 3.75. The van der Waals surface area contributed by atoms with Crippen molar-refractivity contribution in [1.29, 1.82) is 0 Å². The molecule has 11 heteroatoms. The highest BCUT2D eigenvalue weighted by Gasteiger charge is 2.45. The lowest BCUT2D eigenvalue weighted by Gasteiger charge is -2.42. The Kier molecular flexibility index (Phi) is 5.16. The van der Waals surface area contributed by atoms with Crippen molar-refractivity contribution in [2.24, 2.45) is 0 Å². The molecule has 32 heavy (non-hydrogen) atoms. The van der Waals surface area contributed by atoms with Gasteiger partial charge in [0.2, 0.25) is 0 Å². The summed E-state index contributed by atoms with van der Waals surface area (Å²) >= 11 is 0. The summed E-state index contributed by atoms with van der Waals surface area (Å²) in [6.07, 6.45) is 1.32. The molecule has 1 aliphatic carbocycles. The van der Waals surface area contributed by atoms with Gasteiger partial charge in [0, 0.05) is 25.2 Å². The number of aliphatic hydroxyl groups is 2. The average molecular weight is 449 g/mol. The van der Waals surface area contributed by atoms with Crippen LogP contribution in [0.4, 0.5) is 13.2 Å². The van der Waals surface area contributed by atoms with Crippen molar-refractivity contribution in [1.82, 2.24) is 24.9 Å². The Balaban J connectivity index is 1.47. The molecule has 3 unspecified atom stereocenters. The van der Waals surface area contributed by atoms with Crippen molar-refractivity contribution in [3.8, 4) is 0 Å². The topological polar surface area (TPSA) is 105 Å². The van der Waals surface area contributed by atoms with Gasteiger partial charge in [-0.3, -0.25) is 10.3 Å². The molecule has 3 aromatic rings. The number of rotatable bonds is 5. The summed E-state index contributed by atoms with van der Waals surface area (Å²) in [7, 11) is 0. The Morgan fingerprint density at radius 3 is 2.66 bits per heavy atom. The van der Waals surface area contributed by atoms with Crippen molar-refractivity contribution in [3.63, 3.8) is 0 Å². The van der Waals surface area contributed by atoms with Crippen LogP contribution in [0.2, 0.25) is 0 Å². The van der Waals surface area contributed by atoms with Crippen molar-refractivity contribution < 1.29 is 28.1 Å². The van der Waals surface area contributed by atoms with Gasteiger partial charge in [-0.05, 0) is 42.9 Å². The number of halogens is 3. The van der Waals surface area contributed by atoms with E-state index in [-0.39, 0.29) is 25.3 Å². The van der Waals surface area contributed by atoms with E-state index in [1.54, 1.807) is 10.7 Å². The van der Waals surface area contributed by atoms with Crippen LogP contribution >= 0.6 is 0 Å². The molecule has 0 radical (unpaired) electrons. The molecule has 0 amide bonds. The third-order valence-electron chi connectivity index (χ3n) is 6.17. The molecule has 2 aliphatic rings. The van der Waals surface area contributed by atoms with Gasteiger partial charge in [-0.15, -0.1) is 0 Å². The number of alkyl halides is 3. The van der Waals surface area contributed by atoms with Gasteiger partial charge in [-0.1, -0.05) is 0 Å². The Morgan fingerprint density at radius 1 is 1.19 bits per heavy atom. The van der Waals surface area contributed by atoms with E-state index < -0.39 is 29.6 Å². The molecule has 3 aromatic heterocycles. The maximum Gasteiger partial charge on any atom is 0.417 e. The predicted octanol–water partition coefficient (Wildman–Crippen LogP) is 2.28. The SMILES string of the molecule is OC(NC1(c2ccc(C(F)(F)F)cn2)CCOCC1O)c1cnn2cc(C3CC3)cnc12. The quantitative estimate of drug-likeness (QED) is 0.514. The zero-order valence-electron chi connectivity index (χ0n) is 17.0. The Labute approximate surface area is 181 Å². The molecule has 0 spiro atoms. The van der Waals surface area contributed by atoms with E-state index in [1.807, 2.05) is 6.20 Å². The lowest BCUT2D eigenvalue weighted by molar-refractivity contribution is -0.138. The standard InChI is InChI=1S/C21H22F3N5O3/c22-21(23,24)14-3-4-16(25-8-14)20(5-6-32-11-17(20)30)28-19(31)15-9-27-29-10-13(12-1-2-12)7-26-18(15)29/h3-4,7-10,12,17,19,28,30-31H,1-2,5-6,11H2. The van der Waals surface area contributed by atoms with Crippen molar-refractivity contribution in [2.45, 2.75) is 49.2 Å². The molecule has 3 atom stereocenters. The normalized spacial score (nSPS) is 25.2. The van der Waals surface area contributed by atoms with Gasteiger partial charge in [-0.2, -0.15) is 18.3 Å². The number of pyridine rings is 1. The van der Waals surface area contributed by atoms with Crippen molar-refractivity contribution in [3.05, 3.63) is 59.3 Å². The Hall–Kier alpha value is -2.60. The molecule has 1 aliphatic heterocycles. The van der Waals surface area contributed by atoms with Crippen molar-refractivity contribution in [2.75, 3.05) is 13.2 Å². The van der Waals surface area contributed by atoms with Crippen LogP contribution in [0, 0.1) is 0 Å². The summed E-state index contributed by atoms with van der Waals surface area (Å²) in [5.41, 5.74) is -0.106. The first-order valence-corrected chi connectivity index (χ1v) is 10.4. The van der Waals surface area contributed by atoms with Crippen LogP contribution in [-0.4, -0.2) is 49.1 Å². The van der Waals surface area contributed by atoms with E-state index in [0.717, 1.165) is 30.7 Å². The van der Waals surface area contributed by atoms with E-state index in [9.17, 15) is 23.4 Å². The number of aliphatic hydroxyl groups excluding tert-OH is 2. The van der Waals surface area contributed by atoms with Gasteiger partial charge >= 0.3 is 6.18 Å². The minimum Gasteiger partial charge on any atom is -0.388 e. The summed E-state index contributed by atoms with van der Waals surface area (Å²) < 4.78 is 45.8. The van der Waals surface area contributed by atoms with Gasteiger partial charge in [0.25, 0.3) is 0 Å². The van der Waals surface area contributed by atoms with Gasteiger partial charge in [0.1, 0.15) is 12.3 Å². The second-order valence-electron chi connectivity index (χ2n) is 8.32. The van der Waals surface area contributed by atoms with Gasteiger partial charge in [-0.25, -0.2) is 9.50 Å². The zero-order chi connectivity index (χ0) is 22.5. The number of ether oxygens (including phenoxy) is 1. The molecule has 4 heterocycles. The van der Waals surface area contributed by atoms with Crippen molar-refractivity contribution >= 4 is 5.65 Å². The maximum atomic E-state index is 13.0. The van der Waals surface area contributed by atoms with Crippen LogP contribution in [0.1, 0.15) is 53.8 Å². The third-order valence-corrected chi connectivity index (χ3v) is 6.17. The first kappa shape index (κ1) is 21.3. The summed E-state index contributed by atoms with van der Waals surface area (Å²) in [6, 6.07) is 2.13. The number of fused-ring (bicyclic) bond motifs is 1. The summed E-state index contributed by atoms with van der Waals surface area (Å²) in [5.74, 6) is 0.494. The molecule has 0 bridgehead atoms. The number of hydrogen-bond donors (Lipinski definition) is 3. The lowest BCUT2D eigenvalue weighted by Crippen LogP contribution is -2.58. The maximum absolute atomic E-state index is 13.0. The fourth-order valence-corrected chi connectivity index (χ4v) is 4.15. The highest BCUT2D eigenvalue weighted by atomic mass is 19.4. The van der Waals surface area contributed by atoms with Gasteiger partial charge < -0.3 is 14.9 Å². The van der Waals surface area contributed by atoms with Crippen LogP contribution in [-0.2, 0) is 16.5 Å². The van der Waals surface area contributed by atoms with E-state index >= 15 is 0 Å². The highest BCUT2D eigenvalue weighted by molar-refractivity contribution is 5.48. The summed E-state index contributed by atoms with van der Waals surface area (Å²) in [4.78, 5) is 8.42. The van der Waals surface area contributed by atoms with Crippen LogP contribution in [0.5, 0.6) is 0 Å². The van der Waals surface area contributed by atoms with E-state index in [2.05, 4.69) is 20.4 Å².